The van der Waals surface area contributed by atoms with Crippen LogP contribution in [0, 0.1) is 35.5 Å². The van der Waals surface area contributed by atoms with Gasteiger partial charge in [-0.1, -0.05) is 77.0 Å². The SMILES string of the molecule is CCC1C(O)C(C)/C=C(C)/C=C(\OC)C(=O)OC(C(C)C(O)C(C)C2(O)CC(OC3CC(O)C(OC(N)=O)C(C)O3)C(C)C(C)O2)C(OC)/C=C/C=C(\C)CC(C)C1O. The minimum Gasteiger partial charge on any atom is -0.490 e. The van der Waals surface area contributed by atoms with E-state index in [1.165, 1.54) is 20.3 Å². The van der Waals surface area contributed by atoms with E-state index in [0.29, 0.717) is 18.4 Å². The number of allylic oxidation sites excluding steroid dienone is 5. The summed E-state index contributed by atoms with van der Waals surface area (Å²) in [4.78, 5) is 25.2. The Bertz CT molecular complexity index is 1490. The highest BCUT2D eigenvalue weighted by atomic mass is 16.7. The topological polar surface area (TPSA) is 226 Å². The van der Waals surface area contributed by atoms with Crippen molar-refractivity contribution in [3.05, 3.63) is 47.3 Å². The number of primary amides is 1. The molecule has 1 amide bonds. The normalized spacial score (nSPS) is 43.1. The van der Waals surface area contributed by atoms with Gasteiger partial charge in [0.1, 0.15) is 12.2 Å². The molecule has 59 heavy (non-hydrogen) atoms. The number of ether oxygens (including phenoxy) is 7. The molecular formula is C44H73NO14. The molecule has 15 heteroatoms. The van der Waals surface area contributed by atoms with E-state index in [1.54, 1.807) is 46.8 Å². The molecule has 3 aliphatic rings. The molecule has 0 aromatic heterocycles. The van der Waals surface area contributed by atoms with Crippen LogP contribution in [0.4, 0.5) is 4.79 Å². The maximum absolute atomic E-state index is 13.9. The molecule has 7 N–H and O–H groups in total. The highest BCUT2D eigenvalue weighted by molar-refractivity contribution is 5.87. The number of cyclic esters (lactones) is 1. The van der Waals surface area contributed by atoms with Crippen molar-refractivity contribution >= 4 is 12.1 Å². The number of rotatable bonds is 10. The van der Waals surface area contributed by atoms with Crippen molar-refractivity contribution in [1.82, 2.24) is 0 Å². The summed E-state index contributed by atoms with van der Waals surface area (Å²) in [6, 6.07) is 0. The van der Waals surface area contributed by atoms with Crippen molar-refractivity contribution in [2.45, 2.75) is 168 Å². The Morgan fingerprint density at radius 2 is 1.71 bits per heavy atom. The molecule has 18 unspecified atom stereocenters. The predicted octanol–water partition coefficient (Wildman–Crippen LogP) is 4.43. The van der Waals surface area contributed by atoms with Crippen LogP contribution in [-0.2, 0) is 38.0 Å². The van der Waals surface area contributed by atoms with E-state index in [4.69, 9.17) is 38.9 Å². The molecule has 338 valence electrons. The second kappa shape index (κ2) is 22.3. The minimum absolute atomic E-state index is 0.0173. The van der Waals surface area contributed by atoms with Crippen LogP contribution in [0.3, 0.4) is 0 Å². The molecule has 3 rings (SSSR count). The number of amides is 1. The number of hydrogen-bond acceptors (Lipinski definition) is 14. The van der Waals surface area contributed by atoms with Gasteiger partial charge in [0.05, 0.1) is 49.8 Å². The van der Waals surface area contributed by atoms with Crippen molar-refractivity contribution in [3.8, 4) is 0 Å². The summed E-state index contributed by atoms with van der Waals surface area (Å²) in [6.45, 7) is 18.1. The summed E-state index contributed by atoms with van der Waals surface area (Å²) >= 11 is 0. The summed E-state index contributed by atoms with van der Waals surface area (Å²) in [5.74, 6) is -5.80. The van der Waals surface area contributed by atoms with Crippen LogP contribution in [0.15, 0.2) is 47.3 Å². The molecule has 2 fully saturated rings. The Morgan fingerprint density at radius 1 is 1.05 bits per heavy atom. The van der Waals surface area contributed by atoms with Crippen molar-refractivity contribution in [2.24, 2.45) is 41.2 Å². The van der Waals surface area contributed by atoms with Gasteiger partial charge in [-0.25, -0.2) is 9.59 Å². The summed E-state index contributed by atoms with van der Waals surface area (Å²) in [6.07, 6.45) is -1.05. The van der Waals surface area contributed by atoms with Gasteiger partial charge in [-0.3, -0.25) is 0 Å². The van der Waals surface area contributed by atoms with Gasteiger partial charge >= 0.3 is 12.1 Å². The summed E-state index contributed by atoms with van der Waals surface area (Å²) < 4.78 is 41.0. The molecule has 3 heterocycles. The van der Waals surface area contributed by atoms with Gasteiger partial charge < -0.3 is 64.4 Å². The van der Waals surface area contributed by atoms with Crippen LogP contribution in [0.5, 0.6) is 0 Å². The molecule has 0 bridgehead atoms. The molecule has 0 aromatic rings. The van der Waals surface area contributed by atoms with Gasteiger partial charge in [-0.15, -0.1) is 0 Å². The van der Waals surface area contributed by atoms with E-state index >= 15 is 0 Å². The lowest BCUT2D eigenvalue weighted by Crippen LogP contribution is -2.59. The number of aliphatic hydroxyl groups is 5. The maximum Gasteiger partial charge on any atom is 0.404 e. The lowest BCUT2D eigenvalue weighted by atomic mass is 9.77. The lowest BCUT2D eigenvalue weighted by Gasteiger charge is -2.49. The third-order valence-electron chi connectivity index (χ3n) is 12.7. The zero-order valence-corrected chi connectivity index (χ0v) is 37.0. The first-order valence-corrected chi connectivity index (χ1v) is 21.0. The number of methoxy groups -OCH3 is 2. The van der Waals surface area contributed by atoms with E-state index in [9.17, 15) is 35.1 Å². The summed E-state index contributed by atoms with van der Waals surface area (Å²) in [5.41, 5.74) is 6.77. The first-order valence-electron chi connectivity index (χ1n) is 21.0. The zero-order chi connectivity index (χ0) is 44.5. The molecule has 15 nitrogen and oxygen atoms in total. The second-order valence-corrected chi connectivity index (χ2v) is 17.2. The first kappa shape index (κ1) is 50.5. The molecule has 18 atom stereocenters. The number of hydrogen-bond donors (Lipinski definition) is 6. The lowest BCUT2D eigenvalue weighted by molar-refractivity contribution is -0.343. The minimum atomic E-state index is -1.92. The number of carbonyl (C=O) groups is 2. The monoisotopic (exact) mass is 840 g/mol. The van der Waals surface area contributed by atoms with Crippen molar-refractivity contribution in [1.29, 1.82) is 0 Å². The highest BCUT2D eigenvalue weighted by Crippen LogP contribution is 2.42. The number of esters is 1. The Balaban J connectivity index is 1.96. The Hall–Kier alpha value is -2.86. The highest BCUT2D eigenvalue weighted by Gasteiger charge is 2.52. The van der Waals surface area contributed by atoms with Gasteiger partial charge in [-0.05, 0) is 52.5 Å². The molecule has 0 spiro atoms. The van der Waals surface area contributed by atoms with Gasteiger partial charge in [0.25, 0.3) is 0 Å². The summed E-state index contributed by atoms with van der Waals surface area (Å²) in [7, 11) is 2.81. The van der Waals surface area contributed by atoms with Crippen molar-refractivity contribution in [2.75, 3.05) is 14.2 Å². The zero-order valence-electron chi connectivity index (χ0n) is 37.0. The van der Waals surface area contributed by atoms with Crippen LogP contribution in [0.1, 0.15) is 94.9 Å². The first-order chi connectivity index (χ1) is 27.6. The molecule has 2 saturated heterocycles. The largest absolute Gasteiger partial charge is 0.490 e. The fourth-order valence-corrected chi connectivity index (χ4v) is 8.71. The number of aliphatic hydroxyl groups excluding tert-OH is 4. The van der Waals surface area contributed by atoms with Crippen LogP contribution < -0.4 is 5.73 Å². The van der Waals surface area contributed by atoms with E-state index in [0.717, 1.165) is 5.57 Å². The van der Waals surface area contributed by atoms with E-state index in [1.807, 2.05) is 46.8 Å². The van der Waals surface area contributed by atoms with E-state index < -0.39 is 97.0 Å². The molecule has 0 radical (unpaired) electrons. The Morgan fingerprint density at radius 3 is 2.29 bits per heavy atom. The smallest absolute Gasteiger partial charge is 0.404 e. The van der Waals surface area contributed by atoms with Gasteiger partial charge in [0, 0.05) is 49.5 Å². The van der Waals surface area contributed by atoms with E-state index in [-0.39, 0.29) is 42.3 Å². The molecular weight excluding hydrogens is 766 g/mol. The van der Waals surface area contributed by atoms with Gasteiger partial charge in [0.2, 0.25) is 5.76 Å². The standard InChI is InChI=1S/C44H73NO14/c1-13-31-37(47)24(4)17-22(2)15-14-16-33(53-11)40(57-42(50)34(54-12)19-23(3)18-25(5)38(31)48)27(7)39(49)28(8)44(52)21-35(26(6)29(9)59-44)56-36-20-32(46)41(30(10)55-36)58-43(45)51/h14-16,18-19,24-33,35-41,46-49,52H,13,17,20-21H2,1-12H3,(H2,45,51)/b16-14+,22-15+,23-18+,34-19-. The van der Waals surface area contributed by atoms with Crippen molar-refractivity contribution in [3.63, 3.8) is 0 Å². The molecule has 0 aromatic carbocycles. The van der Waals surface area contributed by atoms with Crippen molar-refractivity contribution < 1.29 is 68.3 Å². The quantitative estimate of drug-likeness (QED) is 0.168. The Labute approximate surface area is 350 Å². The van der Waals surface area contributed by atoms with E-state index in [2.05, 4.69) is 0 Å². The van der Waals surface area contributed by atoms with Crippen LogP contribution in [-0.4, -0.2) is 125 Å². The average Bonchev–Trinajstić information content (AvgIpc) is 3.16. The summed E-state index contributed by atoms with van der Waals surface area (Å²) in [5, 5.41) is 57.6. The maximum atomic E-state index is 13.9. The molecule has 0 aliphatic carbocycles. The third-order valence-corrected chi connectivity index (χ3v) is 12.7. The third kappa shape index (κ3) is 13.1. The fourth-order valence-electron chi connectivity index (χ4n) is 8.71. The molecule has 0 saturated carbocycles. The van der Waals surface area contributed by atoms with Crippen LogP contribution in [0.2, 0.25) is 0 Å². The van der Waals surface area contributed by atoms with Crippen LogP contribution in [0.25, 0.3) is 0 Å². The fraction of sp³-hybridized carbons (Fsp3) is 0.773. The number of nitrogens with two attached hydrogens (primary N) is 1. The number of carbonyl (C=O) groups excluding carboxylic acids is 2. The predicted molar refractivity (Wildman–Crippen MR) is 219 cm³/mol. The Kier molecular flexibility index (Phi) is 19.1. The second-order valence-electron chi connectivity index (χ2n) is 17.2. The van der Waals surface area contributed by atoms with Gasteiger partial charge in [-0.2, -0.15) is 0 Å². The average molecular weight is 840 g/mol. The van der Waals surface area contributed by atoms with Gasteiger partial charge in [0.15, 0.2) is 18.2 Å². The van der Waals surface area contributed by atoms with Crippen LogP contribution >= 0.6 is 0 Å². The molecule has 3 aliphatic heterocycles.